The lowest BCUT2D eigenvalue weighted by atomic mass is 10.7. The summed E-state index contributed by atoms with van der Waals surface area (Å²) in [5, 5.41) is 0.933. The van der Waals surface area contributed by atoms with Crippen LogP contribution in [0.5, 0.6) is 0 Å². The molecular formula is C10H24Br2N3P. The maximum absolute atomic E-state index is 4.89. The van der Waals surface area contributed by atoms with Crippen molar-refractivity contribution in [1.82, 2.24) is 9.34 Å². The Balaban J connectivity index is 5.14. The van der Waals surface area contributed by atoms with Crippen molar-refractivity contribution in [3.8, 4) is 0 Å². The van der Waals surface area contributed by atoms with Crippen LogP contribution in [-0.2, 0) is 0 Å². The van der Waals surface area contributed by atoms with E-state index in [-0.39, 0.29) is 0 Å². The van der Waals surface area contributed by atoms with Crippen LogP contribution in [0.15, 0.2) is 4.74 Å². The quantitative estimate of drug-likeness (QED) is 0.461. The Morgan fingerprint density at radius 3 is 1.56 bits per heavy atom. The van der Waals surface area contributed by atoms with Gasteiger partial charge in [0.1, 0.15) is 0 Å². The molecule has 16 heavy (non-hydrogen) atoms. The van der Waals surface area contributed by atoms with Gasteiger partial charge < -0.3 is 0 Å². The maximum Gasteiger partial charge on any atom is 0.162 e. The van der Waals surface area contributed by atoms with Gasteiger partial charge in [-0.1, -0.05) is 43.6 Å². The van der Waals surface area contributed by atoms with Crippen LogP contribution in [-0.4, -0.2) is 47.4 Å². The molecule has 0 aromatic carbocycles. The summed E-state index contributed by atoms with van der Waals surface area (Å²) in [6.07, 6.45) is 0. The second kappa shape index (κ2) is 9.09. The second-order valence-electron chi connectivity index (χ2n) is 3.33. The lowest BCUT2D eigenvalue weighted by Gasteiger charge is -2.38. The molecule has 0 N–H and O–H groups in total. The monoisotopic (exact) mass is 375 g/mol. The van der Waals surface area contributed by atoms with Gasteiger partial charge in [0, 0.05) is 31.5 Å². The minimum absolute atomic E-state index is 0.867. The molecule has 0 spiro atoms. The van der Waals surface area contributed by atoms with E-state index in [2.05, 4.69) is 68.5 Å². The predicted molar refractivity (Wildman–Crippen MR) is 82.8 cm³/mol. The van der Waals surface area contributed by atoms with E-state index in [4.69, 9.17) is 4.74 Å². The number of nitrogens with zero attached hydrogens (tertiary/aromatic N) is 3. The van der Waals surface area contributed by atoms with Crippen molar-refractivity contribution in [1.29, 1.82) is 0 Å². The maximum atomic E-state index is 4.89. The summed E-state index contributed by atoms with van der Waals surface area (Å²) in [5.41, 5.74) is 0. The number of halogens is 2. The van der Waals surface area contributed by atoms with Crippen molar-refractivity contribution in [3.05, 3.63) is 0 Å². The summed E-state index contributed by atoms with van der Waals surface area (Å²) >= 11 is 7.39. The molecule has 0 rings (SSSR count). The topological polar surface area (TPSA) is 18.8 Å². The molecule has 98 valence electrons. The molecule has 0 aromatic heterocycles. The minimum Gasteiger partial charge on any atom is -0.264 e. The first kappa shape index (κ1) is 17.1. The third kappa shape index (κ3) is 4.41. The van der Waals surface area contributed by atoms with Crippen LogP contribution in [0.3, 0.4) is 0 Å². The van der Waals surface area contributed by atoms with Gasteiger partial charge >= 0.3 is 0 Å². The van der Waals surface area contributed by atoms with Crippen LogP contribution in [0.4, 0.5) is 0 Å². The summed E-state index contributed by atoms with van der Waals surface area (Å²) < 4.78 is 9.79. The molecule has 0 saturated heterocycles. The predicted octanol–water partition coefficient (Wildman–Crippen LogP) is 4.41. The summed E-state index contributed by atoms with van der Waals surface area (Å²) in [7, 11) is 0. The van der Waals surface area contributed by atoms with Crippen LogP contribution in [0.2, 0.25) is 0 Å². The van der Waals surface area contributed by atoms with Crippen molar-refractivity contribution in [2.75, 3.05) is 38.1 Å². The minimum atomic E-state index is -1.63. The second-order valence-corrected chi connectivity index (χ2v) is 9.38. The fourth-order valence-corrected chi connectivity index (χ4v) is 7.82. The largest absolute Gasteiger partial charge is 0.264 e. The molecule has 0 heterocycles. The molecule has 0 aromatic rings. The summed E-state index contributed by atoms with van der Waals surface area (Å²) in [4.78, 5) is 0. The first-order valence-corrected chi connectivity index (χ1v) is 10.7. The van der Waals surface area contributed by atoms with Gasteiger partial charge in [0.05, 0.1) is 6.54 Å². The van der Waals surface area contributed by atoms with Gasteiger partial charge in [-0.15, -0.1) is 0 Å². The van der Waals surface area contributed by atoms with Crippen molar-refractivity contribution >= 4 is 37.5 Å². The number of hydrogen-bond donors (Lipinski definition) is 0. The van der Waals surface area contributed by atoms with Gasteiger partial charge in [0.2, 0.25) is 0 Å². The van der Waals surface area contributed by atoms with Crippen LogP contribution >= 0.6 is 37.5 Å². The summed E-state index contributed by atoms with van der Waals surface area (Å²) in [6.45, 7) is 13.8. The average Bonchev–Trinajstić information content (AvgIpc) is 2.29. The Kier molecular flexibility index (Phi) is 9.73. The van der Waals surface area contributed by atoms with Crippen LogP contribution in [0.1, 0.15) is 27.7 Å². The number of alkyl halides is 1. The van der Waals surface area contributed by atoms with Gasteiger partial charge in [-0.3, -0.25) is 14.1 Å². The van der Waals surface area contributed by atoms with Gasteiger partial charge in [-0.25, -0.2) is 0 Å². The van der Waals surface area contributed by atoms with E-state index in [0.29, 0.717) is 0 Å². The zero-order valence-electron chi connectivity index (χ0n) is 10.8. The summed E-state index contributed by atoms with van der Waals surface area (Å²) in [5.74, 6) is 0. The Morgan fingerprint density at radius 1 is 0.938 bits per heavy atom. The highest BCUT2D eigenvalue weighted by molar-refractivity contribution is 9.40. The molecule has 0 amide bonds. The fourth-order valence-electron chi connectivity index (χ4n) is 1.69. The highest BCUT2D eigenvalue weighted by atomic mass is 79.9. The van der Waals surface area contributed by atoms with Gasteiger partial charge in [0.25, 0.3) is 0 Å². The van der Waals surface area contributed by atoms with E-state index >= 15 is 0 Å². The molecule has 0 atom stereocenters. The molecule has 3 nitrogen and oxygen atoms in total. The number of hydrogen-bond acceptors (Lipinski definition) is 1. The summed E-state index contributed by atoms with van der Waals surface area (Å²) in [6, 6.07) is -1.63. The van der Waals surface area contributed by atoms with Crippen LogP contribution in [0.25, 0.3) is 0 Å². The molecule has 0 bridgehead atoms. The van der Waals surface area contributed by atoms with Crippen molar-refractivity contribution in [2.24, 2.45) is 4.74 Å². The molecule has 0 fully saturated rings. The normalized spacial score (nSPS) is 12.5. The van der Waals surface area contributed by atoms with E-state index in [0.717, 1.165) is 38.1 Å². The van der Waals surface area contributed by atoms with Gasteiger partial charge in [-0.05, 0) is 15.5 Å². The average molecular weight is 377 g/mol. The van der Waals surface area contributed by atoms with E-state index in [1.807, 2.05) is 0 Å². The zero-order valence-corrected chi connectivity index (χ0v) is 14.9. The Labute approximate surface area is 117 Å². The molecule has 0 aliphatic heterocycles. The van der Waals surface area contributed by atoms with E-state index in [1.54, 1.807) is 0 Å². The third-order valence-corrected chi connectivity index (χ3v) is 9.39. The zero-order chi connectivity index (χ0) is 12.6. The van der Waals surface area contributed by atoms with E-state index in [9.17, 15) is 0 Å². The van der Waals surface area contributed by atoms with Gasteiger partial charge in [-0.2, -0.15) is 0 Å². The van der Waals surface area contributed by atoms with Gasteiger partial charge in [0.15, 0.2) is 6.06 Å². The third-order valence-electron chi connectivity index (χ3n) is 2.54. The van der Waals surface area contributed by atoms with Crippen molar-refractivity contribution in [3.63, 3.8) is 0 Å². The van der Waals surface area contributed by atoms with Crippen LogP contribution < -0.4 is 0 Å². The molecule has 0 aliphatic rings. The first-order valence-electron chi connectivity index (χ1n) is 5.95. The van der Waals surface area contributed by atoms with E-state index < -0.39 is 6.06 Å². The molecule has 0 saturated carbocycles. The smallest absolute Gasteiger partial charge is 0.162 e. The SMILES string of the molecule is CCN(CC)P(Br)(=NCCBr)N(CC)CC. The molecule has 6 heteroatoms. The highest BCUT2D eigenvalue weighted by Crippen LogP contribution is 2.63. The van der Waals surface area contributed by atoms with E-state index in [1.165, 1.54) is 0 Å². The number of rotatable bonds is 8. The molecule has 0 aliphatic carbocycles. The fraction of sp³-hybridized carbons (Fsp3) is 1.00. The molecular weight excluding hydrogens is 353 g/mol. The van der Waals surface area contributed by atoms with Crippen LogP contribution in [0, 0.1) is 0 Å². The van der Waals surface area contributed by atoms with Crippen molar-refractivity contribution < 1.29 is 0 Å². The Morgan fingerprint density at radius 2 is 1.31 bits per heavy atom. The first-order chi connectivity index (χ1) is 7.60. The Bertz CT molecular complexity index is 212. The standard InChI is InChI=1S/C10H24Br2N3P/c1-5-14(6-2)16(12,13-10-9-11)15(7-3)8-4/h5-10H2,1-4H3. The molecule has 0 unspecified atom stereocenters. The molecule has 0 radical (unpaired) electrons. The highest BCUT2D eigenvalue weighted by Gasteiger charge is 2.27. The Hall–Kier alpha value is 1.11. The van der Waals surface area contributed by atoms with Crippen molar-refractivity contribution in [2.45, 2.75) is 27.7 Å². The lowest BCUT2D eigenvalue weighted by molar-refractivity contribution is 0.426. The lowest BCUT2D eigenvalue weighted by Crippen LogP contribution is -2.29.